The number of hydrogen-bond donors (Lipinski definition) is 0. The van der Waals surface area contributed by atoms with E-state index < -0.39 is 0 Å². The SMILES string of the molecule is CC(=O)c1cccc(C(=O)C(C)Cc2ccc(Cl)cc2)c1. The van der Waals surface area contributed by atoms with E-state index in [0.717, 1.165) is 5.56 Å². The van der Waals surface area contributed by atoms with E-state index >= 15 is 0 Å². The van der Waals surface area contributed by atoms with Crippen molar-refractivity contribution >= 4 is 23.2 Å². The molecular weight excluding hydrogens is 284 g/mol. The molecule has 1 atom stereocenters. The molecule has 0 fully saturated rings. The maximum absolute atomic E-state index is 12.5. The maximum Gasteiger partial charge on any atom is 0.166 e. The lowest BCUT2D eigenvalue weighted by molar-refractivity contribution is 0.0929. The van der Waals surface area contributed by atoms with Crippen LogP contribution in [0.4, 0.5) is 0 Å². The van der Waals surface area contributed by atoms with Gasteiger partial charge in [-0.05, 0) is 37.1 Å². The zero-order chi connectivity index (χ0) is 15.4. The first kappa shape index (κ1) is 15.5. The Balaban J connectivity index is 2.13. The molecule has 0 saturated heterocycles. The van der Waals surface area contributed by atoms with Crippen LogP contribution in [0.25, 0.3) is 0 Å². The summed E-state index contributed by atoms with van der Waals surface area (Å²) >= 11 is 5.85. The number of carbonyl (C=O) groups excluding carboxylic acids is 2. The van der Waals surface area contributed by atoms with Crippen LogP contribution in [0.5, 0.6) is 0 Å². The highest BCUT2D eigenvalue weighted by molar-refractivity contribution is 6.30. The first-order chi connectivity index (χ1) is 9.97. The molecule has 0 aliphatic carbocycles. The van der Waals surface area contributed by atoms with Crippen molar-refractivity contribution in [3.8, 4) is 0 Å². The third-order valence-electron chi connectivity index (χ3n) is 3.46. The van der Waals surface area contributed by atoms with E-state index in [1.54, 1.807) is 24.3 Å². The Morgan fingerprint density at radius 1 is 1.05 bits per heavy atom. The highest BCUT2D eigenvalue weighted by Gasteiger charge is 2.16. The number of Topliss-reactive ketones (excluding diaryl/α,β-unsaturated/α-hetero) is 2. The number of hydrogen-bond acceptors (Lipinski definition) is 2. The molecule has 0 aromatic heterocycles. The molecule has 0 amide bonds. The summed E-state index contributed by atoms with van der Waals surface area (Å²) < 4.78 is 0. The zero-order valence-electron chi connectivity index (χ0n) is 12.1. The molecule has 0 aliphatic heterocycles. The molecule has 2 rings (SSSR count). The lowest BCUT2D eigenvalue weighted by Crippen LogP contribution is -2.14. The molecule has 0 spiro atoms. The van der Waals surface area contributed by atoms with Crippen molar-refractivity contribution in [3.63, 3.8) is 0 Å². The van der Waals surface area contributed by atoms with E-state index in [9.17, 15) is 9.59 Å². The van der Waals surface area contributed by atoms with Crippen LogP contribution in [-0.2, 0) is 6.42 Å². The van der Waals surface area contributed by atoms with Gasteiger partial charge in [0.25, 0.3) is 0 Å². The standard InChI is InChI=1S/C18H17ClO2/c1-12(10-14-6-8-17(19)9-7-14)18(21)16-5-3-4-15(11-16)13(2)20/h3-9,11-12H,10H2,1-2H3. The fourth-order valence-corrected chi connectivity index (χ4v) is 2.37. The van der Waals surface area contributed by atoms with Crippen LogP contribution >= 0.6 is 11.6 Å². The molecule has 2 aromatic carbocycles. The number of ketones is 2. The van der Waals surface area contributed by atoms with Crippen molar-refractivity contribution in [1.29, 1.82) is 0 Å². The number of rotatable bonds is 5. The molecule has 108 valence electrons. The molecule has 1 unspecified atom stereocenters. The van der Waals surface area contributed by atoms with Gasteiger partial charge in [0.1, 0.15) is 0 Å². The summed E-state index contributed by atoms with van der Waals surface area (Å²) in [5, 5.41) is 0.687. The van der Waals surface area contributed by atoms with E-state index in [4.69, 9.17) is 11.6 Å². The van der Waals surface area contributed by atoms with Gasteiger partial charge in [0, 0.05) is 22.1 Å². The van der Waals surface area contributed by atoms with E-state index in [-0.39, 0.29) is 17.5 Å². The molecule has 2 aromatic rings. The monoisotopic (exact) mass is 300 g/mol. The average Bonchev–Trinajstić information content (AvgIpc) is 2.49. The summed E-state index contributed by atoms with van der Waals surface area (Å²) in [6, 6.07) is 14.4. The van der Waals surface area contributed by atoms with Crippen molar-refractivity contribution < 1.29 is 9.59 Å². The fraction of sp³-hybridized carbons (Fsp3) is 0.222. The first-order valence-electron chi connectivity index (χ1n) is 6.87. The molecule has 0 N–H and O–H groups in total. The summed E-state index contributed by atoms with van der Waals surface area (Å²) in [4.78, 5) is 23.8. The highest BCUT2D eigenvalue weighted by Crippen LogP contribution is 2.17. The van der Waals surface area contributed by atoms with Gasteiger partial charge in [-0.15, -0.1) is 0 Å². The van der Waals surface area contributed by atoms with E-state index in [2.05, 4.69) is 0 Å². The normalized spacial score (nSPS) is 12.0. The summed E-state index contributed by atoms with van der Waals surface area (Å²) in [6.07, 6.45) is 0.653. The van der Waals surface area contributed by atoms with Crippen molar-refractivity contribution in [1.82, 2.24) is 0 Å². The zero-order valence-corrected chi connectivity index (χ0v) is 12.9. The average molecular weight is 301 g/mol. The second-order valence-electron chi connectivity index (χ2n) is 5.23. The van der Waals surface area contributed by atoms with E-state index in [1.807, 2.05) is 31.2 Å². The van der Waals surface area contributed by atoms with Crippen LogP contribution in [0.15, 0.2) is 48.5 Å². The third kappa shape index (κ3) is 4.02. The van der Waals surface area contributed by atoms with Crippen LogP contribution in [0.3, 0.4) is 0 Å². The van der Waals surface area contributed by atoms with Gasteiger partial charge in [-0.25, -0.2) is 0 Å². The number of benzene rings is 2. The van der Waals surface area contributed by atoms with Gasteiger partial charge >= 0.3 is 0 Å². The van der Waals surface area contributed by atoms with Crippen molar-refractivity contribution in [2.75, 3.05) is 0 Å². The Bertz CT molecular complexity index is 659. The minimum atomic E-state index is -0.145. The second kappa shape index (κ2) is 6.68. The van der Waals surface area contributed by atoms with Gasteiger partial charge < -0.3 is 0 Å². The van der Waals surface area contributed by atoms with Crippen LogP contribution in [0.1, 0.15) is 40.1 Å². The summed E-state index contributed by atoms with van der Waals surface area (Å²) in [5.41, 5.74) is 2.23. The van der Waals surface area contributed by atoms with Gasteiger partial charge in [0.2, 0.25) is 0 Å². The Hall–Kier alpha value is -1.93. The lowest BCUT2D eigenvalue weighted by atomic mass is 9.92. The Morgan fingerprint density at radius 2 is 1.67 bits per heavy atom. The van der Waals surface area contributed by atoms with Gasteiger partial charge in [0.05, 0.1) is 0 Å². The fourth-order valence-electron chi connectivity index (χ4n) is 2.24. The number of halogens is 1. The smallest absolute Gasteiger partial charge is 0.166 e. The van der Waals surface area contributed by atoms with E-state index in [0.29, 0.717) is 22.6 Å². The van der Waals surface area contributed by atoms with Gasteiger partial charge in [-0.3, -0.25) is 9.59 Å². The predicted octanol–water partition coefficient (Wildman–Crippen LogP) is 4.60. The predicted molar refractivity (Wildman–Crippen MR) is 85.1 cm³/mol. The minimum Gasteiger partial charge on any atom is -0.295 e. The Labute approximate surface area is 129 Å². The molecule has 21 heavy (non-hydrogen) atoms. The van der Waals surface area contributed by atoms with Crippen molar-refractivity contribution in [3.05, 3.63) is 70.2 Å². The van der Waals surface area contributed by atoms with Crippen molar-refractivity contribution in [2.24, 2.45) is 5.92 Å². The molecule has 0 heterocycles. The third-order valence-corrected chi connectivity index (χ3v) is 3.71. The number of carbonyl (C=O) groups is 2. The highest BCUT2D eigenvalue weighted by atomic mass is 35.5. The topological polar surface area (TPSA) is 34.1 Å². The lowest BCUT2D eigenvalue weighted by Gasteiger charge is -2.11. The molecule has 3 heteroatoms. The summed E-state index contributed by atoms with van der Waals surface area (Å²) in [5.74, 6) is -0.128. The van der Waals surface area contributed by atoms with Crippen molar-refractivity contribution in [2.45, 2.75) is 20.3 Å². The van der Waals surface area contributed by atoms with Crippen LogP contribution in [0.2, 0.25) is 5.02 Å². The first-order valence-corrected chi connectivity index (χ1v) is 7.25. The van der Waals surface area contributed by atoms with Gasteiger partial charge in [0.15, 0.2) is 11.6 Å². The van der Waals surface area contributed by atoms with E-state index in [1.165, 1.54) is 6.92 Å². The molecule has 0 bridgehead atoms. The minimum absolute atomic E-state index is 0.0324. The Kier molecular flexibility index (Phi) is 4.92. The quantitative estimate of drug-likeness (QED) is 0.756. The molecule has 0 radical (unpaired) electrons. The second-order valence-corrected chi connectivity index (χ2v) is 5.67. The summed E-state index contributed by atoms with van der Waals surface area (Å²) in [6.45, 7) is 3.40. The van der Waals surface area contributed by atoms with Crippen LogP contribution in [0, 0.1) is 5.92 Å². The Morgan fingerprint density at radius 3 is 2.29 bits per heavy atom. The van der Waals surface area contributed by atoms with Crippen LogP contribution < -0.4 is 0 Å². The summed E-state index contributed by atoms with van der Waals surface area (Å²) in [7, 11) is 0. The van der Waals surface area contributed by atoms with Crippen LogP contribution in [-0.4, -0.2) is 11.6 Å². The molecule has 2 nitrogen and oxygen atoms in total. The van der Waals surface area contributed by atoms with Gasteiger partial charge in [-0.1, -0.05) is 48.9 Å². The van der Waals surface area contributed by atoms with Gasteiger partial charge in [-0.2, -0.15) is 0 Å². The largest absolute Gasteiger partial charge is 0.295 e. The molecule has 0 aliphatic rings. The molecule has 0 saturated carbocycles. The maximum atomic E-state index is 12.5. The molecular formula is C18H17ClO2.